The quantitative estimate of drug-likeness (QED) is 0.358. The third-order valence-electron chi connectivity index (χ3n) is 3.20. The maximum atomic E-state index is 11.9. The van der Waals surface area contributed by atoms with Crippen molar-refractivity contribution in [3.63, 3.8) is 0 Å². The van der Waals surface area contributed by atoms with Crippen molar-refractivity contribution in [3.05, 3.63) is 29.8 Å². The summed E-state index contributed by atoms with van der Waals surface area (Å²) < 4.78 is 44.8. The lowest BCUT2D eigenvalue weighted by Gasteiger charge is -2.10. The molecule has 0 aliphatic carbocycles. The first-order chi connectivity index (χ1) is 11.9. The molecule has 0 saturated carbocycles. The van der Waals surface area contributed by atoms with Crippen LogP contribution in [0.4, 0.5) is 0 Å². The Labute approximate surface area is 150 Å². The summed E-state index contributed by atoms with van der Waals surface area (Å²) in [5, 5.41) is 0. The first-order valence-electron chi connectivity index (χ1n) is 8.26. The van der Waals surface area contributed by atoms with Crippen LogP contribution in [0.15, 0.2) is 29.2 Å². The van der Waals surface area contributed by atoms with Crippen LogP contribution < -0.4 is 0 Å². The number of nitrogens with zero attached hydrogens (tertiary/aromatic N) is 1. The van der Waals surface area contributed by atoms with Crippen LogP contribution >= 0.6 is 0 Å². The van der Waals surface area contributed by atoms with Crippen LogP contribution in [-0.4, -0.2) is 80.2 Å². The van der Waals surface area contributed by atoms with Gasteiger partial charge in [-0.25, -0.2) is 0 Å². The van der Waals surface area contributed by atoms with Crippen LogP contribution in [0, 0.1) is 6.92 Å². The SMILES string of the molecule is Cc1ccc(S(=O)(=O)OCCOCCOCCOCCN(C)C)cc1. The second-order valence-corrected chi connectivity index (χ2v) is 7.34. The Kier molecular flexibility index (Phi) is 10.9. The van der Waals surface area contributed by atoms with Gasteiger partial charge in [0.2, 0.25) is 0 Å². The molecule has 0 aliphatic rings. The van der Waals surface area contributed by atoms with E-state index in [1.807, 2.05) is 21.0 Å². The number of aryl methyl sites for hydroxylation is 1. The normalized spacial score (nSPS) is 12.0. The van der Waals surface area contributed by atoms with Gasteiger partial charge in [-0.05, 0) is 33.2 Å². The van der Waals surface area contributed by atoms with Crippen LogP contribution in [0.2, 0.25) is 0 Å². The third-order valence-corrected chi connectivity index (χ3v) is 4.53. The summed E-state index contributed by atoms with van der Waals surface area (Å²) in [5.41, 5.74) is 0.991. The minimum absolute atomic E-state index is 0.0240. The van der Waals surface area contributed by atoms with E-state index in [2.05, 4.69) is 4.90 Å². The molecule has 0 heterocycles. The zero-order chi connectivity index (χ0) is 18.5. The topological polar surface area (TPSA) is 74.3 Å². The molecule has 0 bridgehead atoms. The molecule has 0 aromatic heterocycles. The molecule has 0 radical (unpaired) electrons. The van der Waals surface area contributed by atoms with Crippen molar-refractivity contribution in [2.24, 2.45) is 0 Å². The van der Waals surface area contributed by atoms with Gasteiger partial charge < -0.3 is 19.1 Å². The second kappa shape index (κ2) is 12.3. The lowest BCUT2D eigenvalue weighted by Crippen LogP contribution is -2.19. The van der Waals surface area contributed by atoms with Crippen LogP contribution in [0.25, 0.3) is 0 Å². The first-order valence-corrected chi connectivity index (χ1v) is 9.67. The molecule has 1 aromatic carbocycles. The molecule has 0 spiro atoms. The lowest BCUT2D eigenvalue weighted by atomic mass is 10.2. The fourth-order valence-electron chi connectivity index (χ4n) is 1.76. The number of hydrogen-bond donors (Lipinski definition) is 0. The highest BCUT2D eigenvalue weighted by molar-refractivity contribution is 7.86. The molecule has 25 heavy (non-hydrogen) atoms. The molecule has 8 heteroatoms. The van der Waals surface area contributed by atoms with E-state index in [0.29, 0.717) is 33.0 Å². The van der Waals surface area contributed by atoms with Crippen molar-refractivity contribution < 1.29 is 26.8 Å². The summed E-state index contributed by atoms with van der Waals surface area (Å²) in [5.74, 6) is 0. The summed E-state index contributed by atoms with van der Waals surface area (Å²) >= 11 is 0. The maximum absolute atomic E-state index is 11.9. The van der Waals surface area contributed by atoms with Crippen LogP contribution in [0.1, 0.15) is 5.56 Å². The minimum atomic E-state index is -3.72. The molecule has 0 fully saturated rings. The van der Waals surface area contributed by atoms with Crippen LogP contribution in [-0.2, 0) is 28.5 Å². The molecule has 1 aromatic rings. The Morgan fingerprint density at radius 2 is 1.28 bits per heavy atom. The van der Waals surface area contributed by atoms with Crippen molar-refractivity contribution in [1.82, 2.24) is 4.90 Å². The number of likely N-dealkylation sites (N-methyl/N-ethyl adjacent to an activating group) is 1. The van der Waals surface area contributed by atoms with Gasteiger partial charge in [0, 0.05) is 6.54 Å². The Balaban J connectivity index is 1.99. The maximum Gasteiger partial charge on any atom is 0.297 e. The summed E-state index contributed by atoms with van der Waals surface area (Å²) in [6, 6.07) is 6.52. The average molecular weight is 375 g/mol. The zero-order valence-electron chi connectivity index (χ0n) is 15.3. The molecule has 1 rings (SSSR count). The minimum Gasteiger partial charge on any atom is -0.378 e. The molecular formula is C17H29NO6S. The first kappa shape index (κ1) is 22.0. The van der Waals surface area contributed by atoms with E-state index in [4.69, 9.17) is 18.4 Å². The zero-order valence-corrected chi connectivity index (χ0v) is 16.1. The number of rotatable bonds is 14. The van der Waals surface area contributed by atoms with Crippen molar-refractivity contribution in [2.75, 3.05) is 66.9 Å². The van der Waals surface area contributed by atoms with Gasteiger partial charge in [-0.2, -0.15) is 8.42 Å². The highest BCUT2D eigenvalue weighted by Crippen LogP contribution is 2.12. The van der Waals surface area contributed by atoms with Gasteiger partial charge in [0.15, 0.2) is 0 Å². The van der Waals surface area contributed by atoms with Gasteiger partial charge in [0.25, 0.3) is 10.1 Å². The molecule has 144 valence electrons. The summed E-state index contributed by atoms with van der Waals surface area (Å²) in [4.78, 5) is 2.20. The van der Waals surface area contributed by atoms with E-state index < -0.39 is 10.1 Å². The van der Waals surface area contributed by atoms with Gasteiger partial charge in [-0.15, -0.1) is 0 Å². The van der Waals surface area contributed by atoms with E-state index in [9.17, 15) is 8.42 Å². The molecule has 0 saturated heterocycles. The van der Waals surface area contributed by atoms with E-state index in [1.54, 1.807) is 12.1 Å². The number of ether oxygens (including phenoxy) is 3. The van der Waals surface area contributed by atoms with Gasteiger partial charge in [0.1, 0.15) is 0 Å². The molecule has 7 nitrogen and oxygen atoms in total. The fourth-order valence-corrected chi connectivity index (χ4v) is 2.66. The average Bonchev–Trinajstić information content (AvgIpc) is 2.56. The van der Waals surface area contributed by atoms with Crippen LogP contribution in [0.3, 0.4) is 0 Å². The molecule has 0 atom stereocenters. The van der Waals surface area contributed by atoms with Crippen molar-refractivity contribution in [3.8, 4) is 0 Å². The van der Waals surface area contributed by atoms with Gasteiger partial charge >= 0.3 is 0 Å². The van der Waals surface area contributed by atoms with Gasteiger partial charge in [0.05, 0.1) is 51.1 Å². The Hall–Kier alpha value is -1.03. The summed E-state index contributed by atoms with van der Waals surface area (Å²) in [6.45, 7) is 5.49. The van der Waals surface area contributed by atoms with E-state index >= 15 is 0 Å². The molecule has 0 aliphatic heterocycles. The second-order valence-electron chi connectivity index (χ2n) is 5.73. The van der Waals surface area contributed by atoms with E-state index in [-0.39, 0.29) is 18.1 Å². The van der Waals surface area contributed by atoms with Gasteiger partial charge in [-0.3, -0.25) is 4.18 Å². The monoisotopic (exact) mass is 375 g/mol. The predicted molar refractivity (Wildman–Crippen MR) is 95.3 cm³/mol. The van der Waals surface area contributed by atoms with E-state index in [0.717, 1.165) is 12.1 Å². The molecule has 0 N–H and O–H groups in total. The third kappa shape index (κ3) is 10.5. The van der Waals surface area contributed by atoms with Crippen molar-refractivity contribution in [1.29, 1.82) is 0 Å². The largest absolute Gasteiger partial charge is 0.378 e. The van der Waals surface area contributed by atoms with Crippen molar-refractivity contribution in [2.45, 2.75) is 11.8 Å². The van der Waals surface area contributed by atoms with Crippen LogP contribution in [0.5, 0.6) is 0 Å². The summed E-state index contributed by atoms with van der Waals surface area (Å²) in [7, 11) is 0.261. The molecule has 0 amide bonds. The lowest BCUT2D eigenvalue weighted by molar-refractivity contribution is 0.00785. The number of hydrogen-bond acceptors (Lipinski definition) is 7. The Morgan fingerprint density at radius 3 is 1.80 bits per heavy atom. The predicted octanol–water partition coefficient (Wildman–Crippen LogP) is 1.31. The highest BCUT2D eigenvalue weighted by Gasteiger charge is 2.14. The molecule has 0 unspecified atom stereocenters. The smallest absolute Gasteiger partial charge is 0.297 e. The molecular weight excluding hydrogens is 346 g/mol. The van der Waals surface area contributed by atoms with Crippen molar-refractivity contribution >= 4 is 10.1 Å². The standard InChI is InChI=1S/C17H29NO6S/c1-16-4-6-17(7-5-16)25(19,20)24-15-14-23-13-12-22-11-10-21-9-8-18(2)3/h4-7H,8-15H2,1-3H3. The van der Waals surface area contributed by atoms with E-state index in [1.165, 1.54) is 12.1 Å². The Morgan fingerprint density at radius 1 is 0.800 bits per heavy atom. The van der Waals surface area contributed by atoms with Gasteiger partial charge in [-0.1, -0.05) is 17.7 Å². The fraction of sp³-hybridized carbons (Fsp3) is 0.647. The highest BCUT2D eigenvalue weighted by atomic mass is 32.2. The Bertz CT molecular complexity index is 559. The number of benzene rings is 1. The summed E-state index contributed by atoms with van der Waals surface area (Å²) in [6.07, 6.45) is 0.